The van der Waals surface area contributed by atoms with Crippen LogP contribution in [0.1, 0.15) is 50.0 Å². The highest BCUT2D eigenvalue weighted by Gasteiger charge is 2.48. The monoisotopic (exact) mass is 408 g/mol. The molecule has 1 N–H and O–H groups in total. The minimum absolute atomic E-state index is 0.0570. The number of nitrogens with zero attached hydrogens (tertiary/aromatic N) is 3. The van der Waals surface area contributed by atoms with Crippen LogP contribution in [0.4, 0.5) is 0 Å². The Morgan fingerprint density at radius 3 is 2.63 bits per heavy atom. The molecule has 1 aromatic rings. The summed E-state index contributed by atoms with van der Waals surface area (Å²) in [6, 6.07) is 0. The number of aliphatic imine (C=N–C) groups is 1. The van der Waals surface area contributed by atoms with Crippen LogP contribution in [0.25, 0.3) is 6.08 Å². The van der Waals surface area contributed by atoms with E-state index < -0.39 is 15.6 Å². The van der Waals surface area contributed by atoms with Crippen molar-refractivity contribution in [2.45, 2.75) is 50.5 Å². The van der Waals surface area contributed by atoms with Crippen molar-refractivity contribution < 1.29 is 13.2 Å². The normalized spacial score (nSPS) is 24.4. The van der Waals surface area contributed by atoms with E-state index in [-0.39, 0.29) is 5.91 Å². The topological polar surface area (TPSA) is 91.7 Å². The molecule has 27 heavy (non-hydrogen) atoms. The van der Waals surface area contributed by atoms with Gasteiger partial charge >= 0.3 is 0 Å². The lowest BCUT2D eigenvalue weighted by atomic mass is 9.88. The fourth-order valence-corrected chi connectivity index (χ4v) is 5.89. The number of hydrogen-bond donors (Lipinski definition) is 1. The first kappa shape index (κ1) is 18.8. The zero-order chi connectivity index (χ0) is 18.9. The highest BCUT2D eigenvalue weighted by atomic mass is 32.2. The van der Waals surface area contributed by atoms with Crippen LogP contribution in [0.15, 0.2) is 22.0 Å². The molecule has 4 rings (SSSR count). The minimum Gasteiger partial charge on any atom is -0.312 e. The molecule has 9 heteroatoms. The smallest absolute Gasteiger partial charge is 0.253 e. The summed E-state index contributed by atoms with van der Waals surface area (Å²) < 4.78 is 26.5. The van der Waals surface area contributed by atoms with Crippen molar-refractivity contribution >= 4 is 39.2 Å². The molecule has 0 radical (unpaired) electrons. The number of piperidine rings is 1. The van der Waals surface area contributed by atoms with Gasteiger partial charge < -0.3 is 5.32 Å². The Labute approximate surface area is 163 Å². The van der Waals surface area contributed by atoms with Crippen molar-refractivity contribution in [1.82, 2.24) is 14.6 Å². The predicted molar refractivity (Wildman–Crippen MR) is 106 cm³/mol. The molecule has 146 valence electrons. The van der Waals surface area contributed by atoms with Crippen molar-refractivity contribution in [3.05, 3.63) is 22.0 Å². The highest BCUT2D eigenvalue weighted by Crippen LogP contribution is 2.34. The number of thiazole rings is 1. The van der Waals surface area contributed by atoms with Crippen LogP contribution < -0.4 is 5.32 Å². The fraction of sp³-hybridized carbons (Fsp3) is 0.611. The summed E-state index contributed by atoms with van der Waals surface area (Å²) in [5.41, 5.74) is -0.780. The first-order chi connectivity index (χ1) is 13.0. The summed E-state index contributed by atoms with van der Waals surface area (Å²) in [5.74, 6) is 1.13. The molecular weight excluding hydrogens is 384 g/mol. The van der Waals surface area contributed by atoms with Gasteiger partial charge in [0, 0.05) is 36.0 Å². The summed E-state index contributed by atoms with van der Waals surface area (Å²) in [4.78, 5) is 21.5. The molecule has 1 saturated heterocycles. The highest BCUT2D eigenvalue weighted by molar-refractivity contribution is 7.92. The summed E-state index contributed by atoms with van der Waals surface area (Å²) in [5, 5.41) is 6.67. The number of carbonyl (C=O) groups excluding carboxylic acids is 1. The van der Waals surface area contributed by atoms with Gasteiger partial charge in [-0.25, -0.2) is 13.4 Å². The Bertz CT molecular complexity index is 847. The Morgan fingerprint density at radius 2 is 1.96 bits per heavy atom. The second kappa shape index (κ2) is 7.44. The number of amidine groups is 1. The van der Waals surface area contributed by atoms with E-state index in [9.17, 15) is 13.2 Å². The molecule has 1 aromatic heterocycles. The molecule has 7 nitrogen and oxygen atoms in total. The summed E-state index contributed by atoms with van der Waals surface area (Å²) in [6.45, 7) is 0.610. The molecule has 0 atom stereocenters. The van der Waals surface area contributed by atoms with Gasteiger partial charge in [-0.2, -0.15) is 4.31 Å². The first-order valence-corrected chi connectivity index (χ1v) is 11.9. The van der Waals surface area contributed by atoms with Crippen LogP contribution in [-0.4, -0.2) is 48.1 Å². The molecule has 1 spiro atoms. The summed E-state index contributed by atoms with van der Waals surface area (Å²) in [6.07, 6.45) is 9.81. The zero-order valence-corrected chi connectivity index (χ0v) is 16.8. The van der Waals surface area contributed by atoms with Gasteiger partial charge in [0.2, 0.25) is 10.0 Å². The molecule has 3 heterocycles. The lowest BCUT2D eigenvalue weighted by Gasteiger charge is -2.34. The molecular formula is C18H24N4O3S2. The van der Waals surface area contributed by atoms with Gasteiger partial charge in [-0.3, -0.25) is 9.79 Å². The maximum absolute atomic E-state index is 12.6. The van der Waals surface area contributed by atoms with Crippen LogP contribution in [0.3, 0.4) is 0 Å². The minimum atomic E-state index is -3.52. The summed E-state index contributed by atoms with van der Waals surface area (Å²) in [7, 11) is -3.52. The van der Waals surface area contributed by atoms with Crippen LogP contribution in [0.2, 0.25) is 0 Å². The molecule has 1 amide bonds. The lowest BCUT2D eigenvalue weighted by molar-refractivity contribution is -0.124. The quantitative estimate of drug-likeness (QED) is 0.828. The predicted octanol–water partition coefficient (Wildman–Crippen LogP) is 2.39. The number of sulfonamides is 1. The largest absolute Gasteiger partial charge is 0.312 e. The summed E-state index contributed by atoms with van der Waals surface area (Å²) >= 11 is 1.39. The number of hydrogen-bond acceptors (Lipinski definition) is 6. The lowest BCUT2D eigenvalue weighted by Crippen LogP contribution is -2.50. The van der Waals surface area contributed by atoms with Gasteiger partial charge in [-0.1, -0.05) is 19.3 Å². The first-order valence-electron chi connectivity index (χ1n) is 9.47. The zero-order valence-electron chi connectivity index (χ0n) is 15.1. The van der Waals surface area contributed by atoms with Crippen molar-refractivity contribution in [3.63, 3.8) is 0 Å². The molecule has 2 fully saturated rings. The average Bonchev–Trinajstić information content (AvgIpc) is 3.30. The molecule has 1 aliphatic carbocycles. The van der Waals surface area contributed by atoms with Crippen molar-refractivity contribution in [2.75, 3.05) is 13.1 Å². The number of rotatable bonds is 4. The maximum atomic E-state index is 12.6. The third-order valence-corrected chi connectivity index (χ3v) is 8.04. The van der Waals surface area contributed by atoms with Crippen molar-refractivity contribution in [3.8, 4) is 0 Å². The number of nitrogens with one attached hydrogen (secondary N) is 1. The van der Waals surface area contributed by atoms with Crippen LogP contribution in [0.5, 0.6) is 0 Å². The molecule has 2 aliphatic heterocycles. The van der Waals surface area contributed by atoms with Crippen LogP contribution in [-0.2, 0) is 14.8 Å². The van der Waals surface area contributed by atoms with Crippen molar-refractivity contribution in [1.29, 1.82) is 0 Å². The molecule has 0 aromatic carbocycles. The standard InChI is InChI=1S/C18H24N4O3S2/c23-17-18(21-16(20-17)14-4-2-1-3-5-14)7-10-22(11-8-18)27(24,25)13-6-15-19-9-12-26-15/h6,9,12-14H,1-5,7-8,10-11H2,(H,20,21,23). The fourth-order valence-electron chi connectivity index (χ4n) is 4.11. The van der Waals surface area contributed by atoms with Gasteiger partial charge in [-0.15, -0.1) is 11.3 Å². The van der Waals surface area contributed by atoms with Gasteiger partial charge in [0.15, 0.2) is 0 Å². The number of amides is 1. The van der Waals surface area contributed by atoms with Gasteiger partial charge in [0.05, 0.1) is 0 Å². The Kier molecular flexibility index (Phi) is 5.17. The third-order valence-electron chi connectivity index (χ3n) is 5.73. The SMILES string of the molecule is O=C1NC(C2CCCCC2)=NC12CCN(S(=O)(=O)C=Cc1nccs1)CC2. The molecule has 0 bridgehead atoms. The second-order valence-electron chi connectivity index (χ2n) is 7.43. The number of aromatic nitrogens is 1. The van der Waals surface area contributed by atoms with E-state index in [0.29, 0.717) is 36.9 Å². The van der Waals surface area contributed by atoms with Crippen LogP contribution >= 0.6 is 11.3 Å². The maximum Gasteiger partial charge on any atom is 0.253 e. The third kappa shape index (κ3) is 3.86. The van der Waals surface area contributed by atoms with E-state index in [1.54, 1.807) is 11.6 Å². The van der Waals surface area contributed by atoms with E-state index in [0.717, 1.165) is 18.7 Å². The van der Waals surface area contributed by atoms with Gasteiger partial charge in [0.1, 0.15) is 16.4 Å². The molecule has 1 saturated carbocycles. The van der Waals surface area contributed by atoms with E-state index in [1.807, 2.05) is 0 Å². The molecule has 0 unspecified atom stereocenters. The average molecular weight is 409 g/mol. The van der Waals surface area contributed by atoms with Gasteiger partial charge in [-0.05, 0) is 31.8 Å². The Hall–Kier alpha value is -1.58. The second-order valence-corrected chi connectivity index (χ2v) is 10.2. The number of carbonyl (C=O) groups is 1. The van der Waals surface area contributed by atoms with E-state index in [1.165, 1.54) is 46.4 Å². The Balaban J connectivity index is 1.43. The van der Waals surface area contributed by atoms with Crippen molar-refractivity contribution in [2.24, 2.45) is 10.9 Å². The molecule has 3 aliphatic rings. The van der Waals surface area contributed by atoms with E-state index >= 15 is 0 Å². The van der Waals surface area contributed by atoms with E-state index in [2.05, 4.69) is 10.3 Å². The Morgan fingerprint density at radius 1 is 1.22 bits per heavy atom. The van der Waals surface area contributed by atoms with E-state index in [4.69, 9.17) is 4.99 Å². The van der Waals surface area contributed by atoms with Gasteiger partial charge in [0.25, 0.3) is 5.91 Å². The van der Waals surface area contributed by atoms with Crippen LogP contribution in [0, 0.1) is 5.92 Å².